The maximum absolute atomic E-state index is 13.7. The number of rotatable bonds is 2. The molecule has 3 aromatic rings. The van der Waals surface area contributed by atoms with Crippen molar-refractivity contribution in [3.8, 4) is 0 Å². The molecule has 0 spiro atoms. The molecule has 2 aromatic heterocycles. The molecule has 0 amide bonds. The lowest BCUT2D eigenvalue weighted by Crippen LogP contribution is -2.21. The summed E-state index contributed by atoms with van der Waals surface area (Å²) in [7, 11) is 0. The number of benzene rings is 1. The van der Waals surface area contributed by atoms with Crippen molar-refractivity contribution in [3.63, 3.8) is 0 Å². The SMILES string of the molecule is O=c1c2cc(Br)cc(F)c2ncn1Cc1cccnc1. The van der Waals surface area contributed by atoms with Crippen molar-refractivity contribution < 1.29 is 4.39 Å². The number of pyridine rings is 1. The molecule has 100 valence electrons. The lowest BCUT2D eigenvalue weighted by atomic mass is 10.2. The number of hydrogen-bond donors (Lipinski definition) is 0. The van der Waals surface area contributed by atoms with Crippen molar-refractivity contribution in [2.75, 3.05) is 0 Å². The van der Waals surface area contributed by atoms with Crippen LogP contribution in [0.25, 0.3) is 10.9 Å². The van der Waals surface area contributed by atoms with Gasteiger partial charge < -0.3 is 0 Å². The summed E-state index contributed by atoms with van der Waals surface area (Å²) in [6, 6.07) is 6.53. The van der Waals surface area contributed by atoms with Crippen LogP contribution in [0.3, 0.4) is 0 Å². The maximum atomic E-state index is 13.7. The van der Waals surface area contributed by atoms with Crippen molar-refractivity contribution in [1.29, 1.82) is 0 Å². The van der Waals surface area contributed by atoms with Crippen LogP contribution in [0.4, 0.5) is 4.39 Å². The van der Waals surface area contributed by atoms with Crippen molar-refractivity contribution in [2.45, 2.75) is 6.54 Å². The first-order valence-corrected chi connectivity index (χ1v) is 6.67. The van der Waals surface area contributed by atoms with E-state index in [0.29, 0.717) is 11.0 Å². The fourth-order valence-corrected chi connectivity index (χ4v) is 2.43. The van der Waals surface area contributed by atoms with Gasteiger partial charge in [0.25, 0.3) is 5.56 Å². The maximum Gasteiger partial charge on any atom is 0.261 e. The third-order valence-corrected chi connectivity index (χ3v) is 3.38. The van der Waals surface area contributed by atoms with Gasteiger partial charge in [-0.3, -0.25) is 14.3 Å². The molecule has 0 aliphatic rings. The normalized spacial score (nSPS) is 10.9. The zero-order valence-electron chi connectivity index (χ0n) is 10.3. The Morgan fingerprint density at radius 2 is 2.20 bits per heavy atom. The summed E-state index contributed by atoms with van der Waals surface area (Å²) in [5.74, 6) is -0.514. The Morgan fingerprint density at radius 1 is 1.35 bits per heavy atom. The molecule has 0 saturated carbocycles. The first-order valence-electron chi connectivity index (χ1n) is 5.88. The molecular formula is C14H9BrFN3O. The number of aromatic nitrogens is 3. The van der Waals surface area contributed by atoms with Gasteiger partial charge in [0.2, 0.25) is 0 Å². The Labute approximate surface area is 122 Å². The molecule has 0 saturated heterocycles. The molecule has 2 heterocycles. The minimum Gasteiger partial charge on any atom is -0.294 e. The highest BCUT2D eigenvalue weighted by molar-refractivity contribution is 9.10. The van der Waals surface area contributed by atoms with Crippen LogP contribution in [0.1, 0.15) is 5.56 Å². The average Bonchev–Trinajstić information content (AvgIpc) is 2.43. The van der Waals surface area contributed by atoms with Crippen molar-refractivity contribution in [1.82, 2.24) is 14.5 Å². The van der Waals surface area contributed by atoms with E-state index in [1.165, 1.54) is 17.0 Å². The van der Waals surface area contributed by atoms with Crippen LogP contribution in [0.2, 0.25) is 0 Å². The van der Waals surface area contributed by atoms with Gasteiger partial charge in [-0.2, -0.15) is 0 Å². The summed E-state index contributed by atoms with van der Waals surface area (Å²) in [6.45, 7) is 0.351. The van der Waals surface area contributed by atoms with Crippen molar-refractivity contribution >= 4 is 26.8 Å². The van der Waals surface area contributed by atoms with E-state index in [0.717, 1.165) is 5.56 Å². The Morgan fingerprint density at radius 3 is 2.95 bits per heavy atom. The highest BCUT2D eigenvalue weighted by atomic mass is 79.9. The monoisotopic (exact) mass is 333 g/mol. The van der Waals surface area contributed by atoms with Crippen LogP contribution in [-0.2, 0) is 6.54 Å². The molecule has 0 aliphatic heterocycles. The van der Waals surface area contributed by atoms with Crippen LogP contribution in [0, 0.1) is 5.82 Å². The molecule has 0 fully saturated rings. The minimum absolute atomic E-state index is 0.0839. The van der Waals surface area contributed by atoms with Crippen LogP contribution in [0.15, 0.2) is 52.3 Å². The van der Waals surface area contributed by atoms with E-state index < -0.39 is 5.82 Å². The van der Waals surface area contributed by atoms with Gasteiger partial charge in [0, 0.05) is 16.9 Å². The van der Waals surface area contributed by atoms with Crippen LogP contribution >= 0.6 is 15.9 Å². The Balaban J connectivity index is 2.14. The van der Waals surface area contributed by atoms with Gasteiger partial charge in [-0.1, -0.05) is 22.0 Å². The highest BCUT2D eigenvalue weighted by Gasteiger charge is 2.10. The minimum atomic E-state index is -0.514. The van der Waals surface area contributed by atoms with Crippen LogP contribution < -0.4 is 5.56 Å². The fourth-order valence-electron chi connectivity index (χ4n) is 2.00. The Hall–Kier alpha value is -2.08. The van der Waals surface area contributed by atoms with Crippen LogP contribution in [-0.4, -0.2) is 14.5 Å². The zero-order chi connectivity index (χ0) is 14.1. The second kappa shape index (κ2) is 5.13. The topological polar surface area (TPSA) is 47.8 Å². The molecule has 4 nitrogen and oxygen atoms in total. The second-order valence-electron chi connectivity index (χ2n) is 4.32. The average molecular weight is 334 g/mol. The molecule has 0 unspecified atom stereocenters. The predicted octanol–water partition coefficient (Wildman–Crippen LogP) is 2.74. The molecular weight excluding hydrogens is 325 g/mol. The van der Waals surface area contributed by atoms with E-state index in [-0.39, 0.29) is 16.5 Å². The standard InChI is InChI=1S/C14H9BrFN3O/c15-10-4-11-13(12(16)5-10)18-8-19(14(11)20)7-9-2-1-3-17-6-9/h1-6,8H,7H2. The Bertz CT molecular complexity index is 833. The lowest BCUT2D eigenvalue weighted by molar-refractivity contribution is 0.633. The summed E-state index contributed by atoms with van der Waals surface area (Å²) >= 11 is 3.18. The fraction of sp³-hybridized carbons (Fsp3) is 0.0714. The largest absolute Gasteiger partial charge is 0.294 e. The van der Waals surface area contributed by atoms with Gasteiger partial charge in [-0.15, -0.1) is 0 Å². The molecule has 0 bridgehead atoms. The number of nitrogens with zero attached hydrogens (tertiary/aromatic N) is 3. The number of fused-ring (bicyclic) bond motifs is 1. The van der Waals surface area contributed by atoms with Crippen molar-refractivity contribution in [3.05, 3.63) is 69.2 Å². The highest BCUT2D eigenvalue weighted by Crippen LogP contribution is 2.19. The molecule has 20 heavy (non-hydrogen) atoms. The van der Waals surface area contributed by atoms with E-state index in [9.17, 15) is 9.18 Å². The lowest BCUT2D eigenvalue weighted by Gasteiger charge is -2.07. The van der Waals surface area contributed by atoms with Crippen molar-refractivity contribution in [2.24, 2.45) is 0 Å². The van der Waals surface area contributed by atoms with E-state index in [1.54, 1.807) is 24.5 Å². The van der Waals surface area contributed by atoms with Gasteiger partial charge >= 0.3 is 0 Å². The number of hydrogen-bond acceptors (Lipinski definition) is 3. The Kier molecular flexibility index (Phi) is 3.31. The smallest absolute Gasteiger partial charge is 0.261 e. The van der Waals surface area contributed by atoms with E-state index in [1.807, 2.05) is 6.07 Å². The molecule has 6 heteroatoms. The molecule has 0 N–H and O–H groups in total. The summed E-state index contributed by atoms with van der Waals surface area (Å²) in [5, 5.41) is 0.253. The van der Waals surface area contributed by atoms with Gasteiger partial charge in [0.1, 0.15) is 5.52 Å². The molecule has 0 atom stereocenters. The molecule has 0 aliphatic carbocycles. The number of halogens is 2. The van der Waals surface area contributed by atoms with Gasteiger partial charge in [0.15, 0.2) is 5.82 Å². The quantitative estimate of drug-likeness (QED) is 0.724. The molecule has 1 aromatic carbocycles. The van der Waals surface area contributed by atoms with Gasteiger partial charge in [-0.05, 0) is 23.8 Å². The first-order chi connectivity index (χ1) is 9.65. The van der Waals surface area contributed by atoms with E-state index in [2.05, 4.69) is 25.9 Å². The summed E-state index contributed by atoms with van der Waals surface area (Å²) < 4.78 is 15.7. The summed E-state index contributed by atoms with van der Waals surface area (Å²) in [4.78, 5) is 20.4. The third-order valence-electron chi connectivity index (χ3n) is 2.92. The predicted molar refractivity (Wildman–Crippen MR) is 77.0 cm³/mol. The molecule has 0 radical (unpaired) electrons. The van der Waals surface area contributed by atoms with E-state index in [4.69, 9.17) is 0 Å². The summed E-state index contributed by atoms with van der Waals surface area (Å²) in [5.41, 5.74) is 0.686. The summed E-state index contributed by atoms with van der Waals surface area (Å²) in [6.07, 6.45) is 4.70. The van der Waals surface area contributed by atoms with Gasteiger partial charge in [-0.25, -0.2) is 9.37 Å². The molecule has 3 rings (SSSR count). The van der Waals surface area contributed by atoms with E-state index >= 15 is 0 Å². The van der Waals surface area contributed by atoms with Gasteiger partial charge in [0.05, 0.1) is 18.3 Å². The first kappa shape index (κ1) is 12.9. The third kappa shape index (κ3) is 2.34. The zero-order valence-corrected chi connectivity index (χ0v) is 11.8. The van der Waals surface area contributed by atoms with Crippen LogP contribution in [0.5, 0.6) is 0 Å². The second-order valence-corrected chi connectivity index (χ2v) is 5.24.